The van der Waals surface area contributed by atoms with Crippen molar-refractivity contribution in [2.75, 3.05) is 0 Å². The van der Waals surface area contributed by atoms with Crippen molar-refractivity contribution in [2.24, 2.45) is 11.7 Å². The Morgan fingerprint density at radius 2 is 1.78 bits per heavy atom. The molecule has 2 aliphatic rings. The molecule has 0 bridgehead atoms. The van der Waals surface area contributed by atoms with E-state index in [0.29, 0.717) is 10.7 Å². The molecule has 3 N–H and O–H groups in total. The number of carbonyl (C=O) groups is 2. The van der Waals surface area contributed by atoms with Gasteiger partial charge in [0.25, 0.3) is 11.8 Å². The lowest BCUT2D eigenvalue weighted by Gasteiger charge is -2.22. The number of carbonyl (C=O) groups excluding carboxylic acids is 2. The Balaban J connectivity index is 1.38. The Labute approximate surface area is 249 Å². The van der Waals surface area contributed by atoms with Crippen molar-refractivity contribution in [1.29, 1.82) is 0 Å². The van der Waals surface area contributed by atoms with Crippen LogP contribution in [0.1, 0.15) is 56.9 Å². The van der Waals surface area contributed by atoms with Crippen molar-refractivity contribution in [2.45, 2.75) is 43.4 Å². The first-order valence-corrected chi connectivity index (χ1v) is 13.5. The van der Waals surface area contributed by atoms with E-state index in [4.69, 9.17) is 5.73 Å². The average Bonchev–Trinajstić information content (AvgIpc) is 3.60. The molecule has 7 nitrogen and oxygen atoms in total. The number of rotatable bonds is 8. The molecular formula is C30H21F8N5O2. The maximum Gasteiger partial charge on any atom is 0.435 e. The summed E-state index contributed by atoms with van der Waals surface area (Å²) in [4.78, 5) is 29.4. The molecule has 4 aromatic rings. The number of benzene rings is 2. The molecule has 15 heteroatoms. The fraction of sp³-hybridized carbons (Fsp3) is 0.267. The molecule has 0 radical (unpaired) electrons. The fourth-order valence-electron chi connectivity index (χ4n) is 5.97. The van der Waals surface area contributed by atoms with Gasteiger partial charge in [-0.2, -0.15) is 27.1 Å². The second-order valence-corrected chi connectivity index (χ2v) is 10.9. The summed E-state index contributed by atoms with van der Waals surface area (Å²) < 4.78 is 114. The van der Waals surface area contributed by atoms with Gasteiger partial charge in [-0.1, -0.05) is 12.1 Å². The van der Waals surface area contributed by atoms with E-state index in [2.05, 4.69) is 15.4 Å². The van der Waals surface area contributed by atoms with Gasteiger partial charge in [-0.15, -0.1) is 0 Å². The van der Waals surface area contributed by atoms with Gasteiger partial charge in [-0.3, -0.25) is 19.3 Å². The summed E-state index contributed by atoms with van der Waals surface area (Å²) >= 11 is 0. The summed E-state index contributed by atoms with van der Waals surface area (Å²) in [5.74, 6) is -10.9. The van der Waals surface area contributed by atoms with Gasteiger partial charge in [0.2, 0.25) is 5.91 Å². The van der Waals surface area contributed by atoms with Gasteiger partial charge in [-0.05, 0) is 60.2 Å². The third kappa shape index (κ3) is 5.51. The van der Waals surface area contributed by atoms with Crippen LogP contribution in [0, 0.1) is 23.4 Å². The molecule has 0 saturated heterocycles. The van der Waals surface area contributed by atoms with Crippen molar-refractivity contribution in [1.82, 2.24) is 20.1 Å². The van der Waals surface area contributed by atoms with Crippen molar-refractivity contribution < 1.29 is 44.7 Å². The summed E-state index contributed by atoms with van der Waals surface area (Å²) in [6.45, 7) is -1.04. The molecule has 45 heavy (non-hydrogen) atoms. The number of pyridine rings is 1. The van der Waals surface area contributed by atoms with Gasteiger partial charge in [0.1, 0.15) is 29.7 Å². The van der Waals surface area contributed by atoms with Crippen molar-refractivity contribution in [3.8, 4) is 11.1 Å². The van der Waals surface area contributed by atoms with E-state index in [-0.39, 0.29) is 35.2 Å². The third-order valence-corrected chi connectivity index (χ3v) is 7.90. The number of fused-ring (bicyclic) bond motifs is 3. The van der Waals surface area contributed by atoms with Crippen molar-refractivity contribution in [3.63, 3.8) is 0 Å². The lowest BCUT2D eigenvalue weighted by atomic mass is 9.94. The Kier molecular flexibility index (Phi) is 7.16. The van der Waals surface area contributed by atoms with Crippen LogP contribution in [0.25, 0.3) is 11.1 Å². The van der Waals surface area contributed by atoms with E-state index in [0.717, 1.165) is 24.3 Å². The molecule has 1 fully saturated rings. The lowest BCUT2D eigenvalue weighted by Crippen LogP contribution is -2.35. The van der Waals surface area contributed by atoms with E-state index in [9.17, 15) is 35.9 Å². The molecular weight excluding hydrogens is 614 g/mol. The third-order valence-electron chi connectivity index (χ3n) is 7.90. The quantitative estimate of drug-likeness (QED) is 0.240. The van der Waals surface area contributed by atoms with Crippen LogP contribution in [0.4, 0.5) is 35.1 Å². The molecule has 2 amide bonds. The van der Waals surface area contributed by atoms with Crippen LogP contribution in [0.2, 0.25) is 0 Å². The van der Waals surface area contributed by atoms with Gasteiger partial charge < -0.3 is 11.1 Å². The maximum atomic E-state index is 15.0. The van der Waals surface area contributed by atoms with E-state index < -0.39 is 88.3 Å². The second kappa shape index (κ2) is 10.7. The highest BCUT2D eigenvalue weighted by Crippen LogP contribution is 2.68. The second-order valence-electron chi connectivity index (χ2n) is 10.9. The number of nitrogens with zero attached hydrogens (tertiary/aromatic N) is 3. The number of nitrogens with one attached hydrogen (secondary N) is 1. The highest BCUT2D eigenvalue weighted by atomic mass is 19.4. The average molecular weight is 636 g/mol. The SMILES string of the molecule is NC(=O)c1cc(-c2cccnc2[C@H](Cc2cc(F)cc(F)c2)NC(=O)Cn2nc(C(F)(F)F)c3c2C(F)(F)[C@@H]2C[C@H]32)ccc1F. The minimum atomic E-state index is -5.04. The summed E-state index contributed by atoms with van der Waals surface area (Å²) in [6.07, 6.45) is -4.17. The summed E-state index contributed by atoms with van der Waals surface area (Å²) in [7, 11) is 0. The van der Waals surface area contributed by atoms with E-state index >= 15 is 8.78 Å². The van der Waals surface area contributed by atoms with Crippen molar-refractivity contribution in [3.05, 3.63) is 106 Å². The fourth-order valence-corrected chi connectivity index (χ4v) is 5.97. The van der Waals surface area contributed by atoms with Gasteiger partial charge in [-0.25, -0.2) is 13.2 Å². The van der Waals surface area contributed by atoms with E-state index in [1.807, 2.05) is 0 Å². The highest BCUT2D eigenvalue weighted by Gasteiger charge is 2.68. The Bertz CT molecular complexity index is 1830. The number of hydrogen-bond acceptors (Lipinski definition) is 4. The number of alkyl halides is 5. The molecule has 234 valence electrons. The van der Waals surface area contributed by atoms with Crippen LogP contribution >= 0.6 is 0 Å². The normalized spacial score (nSPS) is 18.7. The van der Waals surface area contributed by atoms with E-state index in [1.54, 1.807) is 0 Å². The van der Waals surface area contributed by atoms with Gasteiger partial charge in [0.15, 0.2) is 5.69 Å². The zero-order valence-electron chi connectivity index (χ0n) is 22.8. The summed E-state index contributed by atoms with van der Waals surface area (Å²) in [5.41, 5.74) is 2.28. The van der Waals surface area contributed by atoms with Crippen LogP contribution in [0.3, 0.4) is 0 Å². The number of halogens is 8. The number of hydrogen-bond donors (Lipinski definition) is 2. The molecule has 2 aliphatic carbocycles. The summed E-state index contributed by atoms with van der Waals surface area (Å²) in [5, 5.41) is 5.88. The van der Waals surface area contributed by atoms with Gasteiger partial charge in [0, 0.05) is 29.3 Å². The number of nitrogens with two attached hydrogens (primary N) is 1. The van der Waals surface area contributed by atoms with Crippen LogP contribution in [0.15, 0.2) is 54.7 Å². The zero-order valence-corrected chi connectivity index (χ0v) is 22.8. The number of primary amides is 1. The predicted molar refractivity (Wildman–Crippen MR) is 141 cm³/mol. The van der Waals surface area contributed by atoms with Crippen LogP contribution in [0.5, 0.6) is 0 Å². The first-order valence-electron chi connectivity index (χ1n) is 13.5. The van der Waals surface area contributed by atoms with Crippen molar-refractivity contribution >= 4 is 11.8 Å². The Hall–Kier alpha value is -4.82. The maximum absolute atomic E-state index is 15.0. The van der Waals surface area contributed by atoms with Gasteiger partial charge in [0.05, 0.1) is 17.3 Å². The minimum absolute atomic E-state index is 0.0392. The molecule has 0 spiro atoms. The smallest absolute Gasteiger partial charge is 0.366 e. The Morgan fingerprint density at radius 1 is 1.07 bits per heavy atom. The molecule has 0 aliphatic heterocycles. The summed E-state index contributed by atoms with van der Waals surface area (Å²) in [6, 6.07) is 7.71. The van der Waals surface area contributed by atoms with Gasteiger partial charge >= 0.3 is 6.18 Å². The molecule has 2 aromatic heterocycles. The van der Waals surface area contributed by atoms with Crippen LogP contribution < -0.4 is 11.1 Å². The van der Waals surface area contributed by atoms with E-state index in [1.165, 1.54) is 24.4 Å². The highest BCUT2D eigenvalue weighted by molar-refractivity contribution is 5.94. The monoisotopic (exact) mass is 635 g/mol. The molecule has 2 heterocycles. The minimum Gasteiger partial charge on any atom is -0.366 e. The predicted octanol–water partition coefficient (Wildman–Crippen LogP) is 5.79. The standard InChI is InChI=1S/C30H21F8N5O2/c31-15-6-13(7-16(32)10-15)8-22(25-17(2-1-5-40-25)14-3-4-21(33)19(9-14)28(39)45)41-23(44)12-43-27-24(26(42-43)30(36,37)38)18-11-20(18)29(27,34)35/h1-7,9-10,18,20,22H,8,11-12H2,(H2,39,45)(H,41,44)/t18-,20+,22-/m0/s1. The largest absolute Gasteiger partial charge is 0.435 e. The lowest BCUT2D eigenvalue weighted by molar-refractivity contribution is -0.142. The number of aromatic nitrogens is 3. The first-order chi connectivity index (χ1) is 21.1. The van der Waals surface area contributed by atoms with Crippen LogP contribution in [-0.2, 0) is 29.9 Å². The number of amides is 2. The topological polar surface area (TPSA) is 103 Å². The Morgan fingerprint density at radius 3 is 2.44 bits per heavy atom. The molecule has 6 rings (SSSR count). The first kappa shape index (κ1) is 30.2. The zero-order chi connectivity index (χ0) is 32.4. The molecule has 0 unspecified atom stereocenters. The van der Waals surface area contributed by atoms with Crippen LogP contribution in [-0.4, -0.2) is 26.6 Å². The molecule has 3 atom stereocenters. The molecule has 2 aromatic carbocycles. The molecule has 1 saturated carbocycles.